The number of carbonyl (C=O) groups excluding carboxylic acids is 1. The summed E-state index contributed by atoms with van der Waals surface area (Å²) in [4.78, 5) is 22.0. The molecule has 15 heavy (non-hydrogen) atoms. The maximum atomic E-state index is 12.7. The number of carboxylic acid groups (broad SMARTS) is 1. The first kappa shape index (κ1) is 13.8. The second kappa shape index (κ2) is 6.31. The number of alkyl halides is 1. The zero-order valence-electron chi connectivity index (χ0n) is 8.51. The van der Waals surface area contributed by atoms with Crippen LogP contribution in [0.4, 0.5) is 4.39 Å². The molecule has 0 heterocycles. The van der Waals surface area contributed by atoms with Crippen LogP contribution in [0.5, 0.6) is 0 Å². The molecule has 6 nitrogen and oxygen atoms in total. The van der Waals surface area contributed by atoms with Gasteiger partial charge in [-0.1, -0.05) is 0 Å². The van der Waals surface area contributed by atoms with Crippen LogP contribution in [-0.2, 0) is 14.3 Å². The summed E-state index contributed by atoms with van der Waals surface area (Å²) in [5, 5.41) is 17.4. The van der Waals surface area contributed by atoms with Gasteiger partial charge in [0.25, 0.3) is 12.1 Å². The van der Waals surface area contributed by atoms with E-state index in [1.807, 2.05) is 0 Å². The summed E-state index contributed by atoms with van der Waals surface area (Å²) in [6, 6.07) is 0. The second-order valence-corrected chi connectivity index (χ2v) is 3.03. The van der Waals surface area contributed by atoms with Gasteiger partial charge in [0.05, 0.1) is 12.7 Å². The summed E-state index contributed by atoms with van der Waals surface area (Å²) in [6.07, 6.45) is -3.56. The molecule has 0 aliphatic rings. The fraction of sp³-hybridized carbons (Fsp3) is 0.750. The smallest absolute Gasteiger partial charge is 0.348 e. The summed E-state index contributed by atoms with van der Waals surface area (Å²) in [5.41, 5.74) is 0. The van der Waals surface area contributed by atoms with Crippen molar-refractivity contribution in [3.8, 4) is 0 Å². The van der Waals surface area contributed by atoms with Gasteiger partial charge in [-0.05, 0) is 0 Å². The SMILES string of the molecule is COCC(O)CN(C)C(=O)C(F)C(=O)O. The first-order valence-corrected chi connectivity index (χ1v) is 4.19. The number of carboxylic acids is 1. The number of hydrogen-bond acceptors (Lipinski definition) is 4. The zero-order chi connectivity index (χ0) is 12.0. The number of ether oxygens (including phenoxy) is 1. The Morgan fingerprint density at radius 2 is 2.07 bits per heavy atom. The van der Waals surface area contributed by atoms with Crippen LogP contribution in [0, 0.1) is 0 Å². The summed E-state index contributed by atoms with van der Waals surface area (Å²) < 4.78 is 17.3. The summed E-state index contributed by atoms with van der Waals surface area (Å²) in [7, 11) is 2.57. The molecule has 2 unspecified atom stereocenters. The van der Waals surface area contributed by atoms with Crippen molar-refractivity contribution >= 4 is 11.9 Å². The van der Waals surface area contributed by atoms with Crippen LogP contribution in [0.15, 0.2) is 0 Å². The maximum absolute atomic E-state index is 12.7. The summed E-state index contributed by atoms with van der Waals surface area (Å²) >= 11 is 0. The molecule has 2 atom stereocenters. The normalized spacial score (nSPS) is 14.4. The van der Waals surface area contributed by atoms with Crippen molar-refractivity contribution in [2.24, 2.45) is 0 Å². The molecule has 0 spiro atoms. The van der Waals surface area contributed by atoms with E-state index in [4.69, 9.17) is 5.11 Å². The summed E-state index contributed by atoms with van der Waals surface area (Å²) in [5.74, 6) is -3.04. The third kappa shape index (κ3) is 4.71. The van der Waals surface area contributed by atoms with Crippen LogP contribution >= 0.6 is 0 Å². The zero-order valence-corrected chi connectivity index (χ0v) is 8.51. The molecule has 7 heteroatoms. The van der Waals surface area contributed by atoms with Gasteiger partial charge in [0.2, 0.25) is 0 Å². The molecule has 0 aromatic carbocycles. The van der Waals surface area contributed by atoms with Crippen LogP contribution in [0.3, 0.4) is 0 Å². The minimum Gasteiger partial charge on any atom is -0.479 e. The van der Waals surface area contributed by atoms with Crippen LogP contribution in [0.25, 0.3) is 0 Å². The van der Waals surface area contributed by atoms with Gasteiger partial charge in [0.15, 0.2) is 0 Å². The van der Waals surface area contributed by atoms with E-state index in [0.29, 0.717) is 0 Å². The van der Waals surface area contributed by atoms with Gasteiger partial charge >= 0.3 is 5.97 Å². The number of methoxy groups -OCH3 is 1. The second-order valence-electron chi connectivity index (χ2n) is 3.03. The Morgan fingerprint density at radius 3 is 2.47 bits per heavy atom. The van der Waals surface area contributed by atoms with E-state index in [-0.39, 0.29) is 13.2 Å². The predicted octanol–water partition coefficient (Wildman–Crippen LogP) is -1.13. The molecule has 0 fully saturated rings. The number of halogens is 1. The van der Waals surface area contributed by atoms with Gasteiger partial charge < -0.3 is 19.8 Å². The van der Waals surface area contributed by atoms with E-state index in [1.54, 1.807) is 0 Å². The van der Waals surface area contributed by atoms with Crippen molar-refractivity contribution in [3.63, 3.8) is 0 Å². The van der Waals surface area contributed by atoms with E-state index in [2.05, 4.69) is 4.74 Å². The van der Waals surface area contributed by atoms with Crippen molar-refractivity contribution in [1.29, 1.82) is 0 Å². The quantitative estimate of drug-likeness (QED) is 0.557. The fourth-order valence-electron chi connectivity index (χ4n) is 0.950. The first-order chi connectivity index (χ1) is 6.90. The highest BCUT2D eigenvalue weighted by Crippen LogP contribution is 1.99. The van der Waals surface area contributed by atoms with E-state index < -0.39 is 24.2 Å². The lowest BCUT2D eigenvalue weighted by molar-refractivity contribution is -0.152. The highest BCUT2D eigenvalue weighted by molar-refractivity contribution is 5.99. The number of likely N-dealkylation sites (N-methyl/N-ethyl adjacent to an activating group) is 1. The number of amides is 1. The molecular formula is C8H14FNO5. The molecule has 88 valence electrons. The van der Waals surface area contributed by atoms with E-state index >= 15 is 0 Å². The molecule has 0 aliphatic carbocycles. The van der Waals surface area contributed by atoms with E-state index in [1.165, 1.54) is 14.2 Å². The predicted molar refractivity (Wildman–Crippen MR) is 48.1 cm³/mol. The van der Waals surface area contributed by atoms with Crippen LogP contribution < -0.4 is 0 Å². The minimum atomic E-state index is -2.59. The third-order valence-electron chi connectivity index (χ3n) is 1.65. The molecule has 2 N–H and O–H groups in total. The molecule has 0 aromatic rings. The number of hydrogen-bond donors (Lipinski definition) is 2. The maximum Gasteiger partial charge on any atom is 0.348 e. The van der Waals surface area contributed by atoms with Crippen molar-refractivity contribution in [2.45, 2.75) is 12.3 Å². The Balaban J connectivity index is 4.15. The van der Waals surface area contributed by atoms with Crippen LogP contribution in [-0.4, -0.2) is 66.6 Å². The average molecular weight is 223 g/mol. The monoisotopic (exact) mass is 223 g/mol. The van der Waals surface area contributed by atoms with E-state index in [9.17, 15) is 19.1 Å². The minimum absolute atomic E-state index is 0.0123. The van der Waals surface area contributed by atoms with Gasteiger partial charge in [0.1, 0.15) is 0 Å². The standard InChI is InChI=1S/C8H14FNO5/c1-10(3-5(11)4-15-2)7(12)6(9)8(13)14/h5-6,11H,3-4H2,1-2H3,(H,13,14). The molecule has 0 saturated heterocycles. The third-order valence-corrected chi connectivity index (χ3v) is 1.65. The van der Waals surface area contributed by atoms with Crippen molar-refractivity contribution in [2.75, 3.05) is 27.3 Å². The van der Waals surface area contributed by atoms with Gasteiger partial charge in [-0.2, -0.15) is 0 Å². The lowest BCUT2D eigenvalue weighted by atomic mass is 10.3. The number of aliphatic hydroxyl groups is 1. The van der Waals surface area contributed by atoms with Gasteiger partial charge in [-0.3, -0.25) is 4.79 Å². The topological polar surface area (TPSA) is 87.1 Å². The Bertz CT molecular complexity index is 235. The molecular weight excluding hydrogens is 209 g/mol. The fourth-order valence-corrected chi connectivity index (χ4v) is 0.950. The summed E-state index contributed by atoms with van der Waals surface area (Å²) in [6.45, 7) is -0.192. The Labute approximate surface area is 86.2 Å². The highest BCUT2D eigenvalue weighted by Gasteiger charge is 2.29. The van der Waals surface area contributed by atoms with Gasteiger partial charge in [-0.15, -0.1) is 0 Å². The number of aliphatic hydroxyl groups excluding tert-OH is 1. The molecule has 0 bridgehead atoms. The molecule has 0 rings (SSSR count). The lowest BCUT2D eigenvalue weighted by Crippen LogP contribution is -2.42. The largest absolute Gasteiger partial charge is 0.479 e. The van der Waals surface area contributed by atoms with Gasteiger partial charge in [-0.25, -0.2) is 9.18 Å². The molecule has 0 aliphatic heterocycles. The van der Waals surface area contributed by atoms with Crippen LogP contribution in [0.1, 0.15) is 0 Å². The molecule has 1 amide bonds. The van der Waals surface area contributed by atoms with Crippen molar-refractivity contribution in [1.82, 2.24) is 4.90 Å². The Hall–Kier alpha value is -1.21. The number of aliphatic carboxylic acids is 1. The Morgan fingerprint density at radius 1 is 1.53 bits per heavy atom. The first-order valence-electron chi connectivity index (χ1n) is 4.19. The highest BCUT2D eigenvalue weighted by atomic mass is 19.1. The average Bonchev–Trinajstić information content (AvgIpc) is 2.15. The van der Waals surface area contributed by atoms with E-state index in [0.717, 1.165) is 4.90 Å². The number of nitrogens with zero attached hydrogens (tertiary/aromatic N) is 1. The molecule has 0 saturated carbocycles. The van der Waals surface area contributed by atoms with Gasteiger partial charge in [0, 0.05) is 20.7 Å². The van der Waals surface area contributed by atoms with Crippen molar-refractivity contribution in [3.05, 3.63) is 0 Å². The Kier molecular flexibility index (Phi) is 5.80. The number of rotatable bonds is 6. The van der Waals surface area contributed by atoms with Crippen LogP contribution in [0.2, 0.25) is 0 Å². The lowest BCUT2D eigenvalue weighted by Gasteiger charge is -2.20. The molecule has 0 aromatic heterocycles. The van der Waals surface area contributed by atoms with Crippen molar-refractivity contribution < 1.29 is 28.9 Å². The molecule has 0 radical (unpaired) electrons. The number of carbonyl (C=O) groups is 2.